The van der Waals surface area contributed by atoms with Gasteiger partial charge in [0, 0.05) is 44.8 Å². The van der Waals surface area contributed by atoms with Gasteiger partial charge < -0.3 is 19.5 Å². The summed E-state index contributed by atoms with van der Waals surface area (Å²) >= 11 is 0. The number of aromatic nitrogens is 3. The van der Waals surface area contributed by atoms with Gasteiger partial charge in [-0.15, -0.1) is 0 Å². The predicted molar refractivity (Wildman–Crippen MR) is 94.2 cm³/mol. The van der Waals surface area contributed by atoms with Gasteiger partial charge in [-0.25, -0.2) is 9.97 Å². The minimum atomic E-state index is -0.341. The van der Waals surface area contributed by atoms with Crippen molar-refractivity contribution in [1.29, 1.82) is 0 Å². The van der Waals surface area contributed by atoms with Gasteiger partial charge in [0.15, 0.2) is 5.65 Å². The molecule has 0 saturated carbocycles. The molecule has 7 heteroatoms. The van der Waals surface area contributed by atoms with Gasteiger partial charge in [0.05, 0.1) is 18.0 Å². The number of imidazole rings is 1. The number of likely N-dealkylation sites (tertiary alicyclic amines) is 2. The number of piperidine rings is 2. The number of nitrogens with zero attached hydrogens (tertiary/aromatic N) is 5. The Hall–Kier alpha value is -1.99. The topological polar surface area (TPSA) is 74.5 Å². The lowest BCUT2D eigenvalue weighted by Crippen LogP contribution is -2.59. The molecule has 0 aromatic carbocycles. The van der Waals surface area contributed by atoms with E-state index < -0.39 is 0 Å². The molecule has 4 heterocycles. The zero-order valence-corrected chi connectivity index (χ0v) is 14.9. The molecule has 2 aliphatic heterocycles. The summed E-state index contributed by atoms with van der Waals surface area (Å²) in [5, 5.41) is 10.7. The van der Waals surface area contributed by atoms with Crippen LogP contribution in [0, 0.1) is 5.41 Å². The summed E-state index contributed by atoms with van der Waals surface area (Å²) in [7, 11) is 3.97. The maximum absolute atomic E-state index is 13.2. The molecule has 2 aromatic heterocycles. The smallest absolute Gasteiger partial charge is 0.256 e. The molecule has 2 aromatic rings. The minimum Gasteiger partial charge on any atom is -0.392 e. The number of fused-ring (bicyclic) bond motifs is 1. The Labute approximate surface area is 147 Å². The van der Waals surface area contributed by atoms with E-state index in [-0.39, 0.29) is 17.4 Å². The van der Waals surface area contributed by atoms with Crippen molar-refractivity contribution in [3.63, 3.8) is 0 Å². The Balaban J connectivity index is 1.63. The summed E-state index contributed by atoms with van der Waals surface area (Å²) in [6, 6.07) is 1.75. The van der Waals surface area contributed by atoms with Crippen molar-refractivity contribution in [1.82, 2.24) is 24.3 Å². The van der Waals surface area contributed by atoms with E-state index in [1.54, 1.807) is 18.6 Å². The van der Waals surface area contributed by atoms with E-state index in [9.17, 15) is 9.90 Å². The first-order valence-electron chi connectivity index (χ1n) is 8.92. The second-order valence-corrected chi connectivity index (χ2v) is 7.62. The van der Waals surface area contributed by atoms with Crippen LogP contribution < -0.4 is 0 Å². The van der Waals surface area contributed by atoms with Crippen LogP contribution >= 0.6 is 0 Å². The first-order chi connectivity index (χ1) is 12.0. The van der Waals surface area contributed by atoms with E-state index in [1.807, 2.05) is 16.5 Å². The van der Waals surface area contributed by atoms with Crippen molar-refractivity contribution in [2.75, 3.05) is 33.2 Å². The maximum atomic E-state index is 13.2. The standard InChI is InChI=1S/C18H25N5O2/c1-21-9-5-14(24)18(10-21)6-3-8-23(11-18)17(25)13-4-7-19-16-15(13)20-12-22(16)2/h4,7,12,14,24H,3,5-6,8-11H2,1-2H3/t14-,18-/m0/s1. The van der Waals surface area contributed by atoms with E-state index in [4.69, 9.17) is 0 Å². The number of hydrogen-bond acceptors (Lipinski definition) is 5. The number of amides is 1. The fourth-order valence-electron chi connectivity index (χ4n) is 4.48. The number of rotatable bonds is 1. The summed E-state index contributed by atoms with van der Waals surface area (Å²) < 4.78 is 1.82. The van der Waals surface area contributed by atoms with Crippen LogP contribution in [0.5, 0.6) is 0 Å². The molecule has 0 unspecified atom stereocenters. The third-order valence-corrected chi connectivity index (χ3v) is 5.80. The molecule has 4 rings (SSSR count). The SMILES string of the molecule is CN1CC[C@H](O)[C@@]2(CCCN(C(=O)c3ccnc4c3ncn4C)C2)C1. The van der Waals surface area contributed by atoms with Gasteiger partial charge in [0.2, 0.25) is 0 Å². The molecule has 0 aliphatic carbocycles. The van der Waals surface area contributed by atoms with Gasteiger partial charge in [0.25, 0.3) is 5.91 Å². The van der Waals surface area contributed by atoms with Crippen LogP contribution in [0.2, 0.25) is 0 Å². The Bertz CT molecular complexity index is 804. The second-order valence-electron chi connectivity index (χ2n) is 7.62. The summed E-state index contributed by atoms with van der Waals surface area (Å²) in [4.78, 5) is 26.0. The third-order valence-electron chi connectivity index (χ3n) is 5.80. The third kappa shape index (κ3) is 2.71. The van der Waals surface area contributed by atoms with Gasteiger partial charge >= 0.3 is 0 Å². The Morgan fingerprint density at radius 3 is 2.96 bits per heavy atom. The van der Waals surface area contributed by atoms with Gasteiger partial charge in [-0.05, 0) is 32.4 Å². The summed E-state index contributed by atoms with van der Waals surface area (Å²) in [5.74, 6) is -0.00870. The van der Waals surface area contributed by atoms with Crippen molar-refractivity contribution < 1.29 is 9.90 Å². The number of aryl methyl sites for hydroxylation is 1. The van der Waals surface area contributed by atoms with Crippen molar-refractivity contribution in [2.45, 2.75) is 25.4 Å². The Kier molecular flexibility index (Phi) is 4.00. The second kappa shape index (κ2) is 6.07. The Morgan fingerprint density at radius 2 is 2.12 bits per heavy atom. The highest BCUT2D eigenvalue weighted by molar-refractivity contribution is 6.04. The Morgan fingerprint density at radius 1 is 1.28 bits per heavy atom. The highest BCUT2D eigenvalue weighted by Crippen LogP contribution is 2.39. The lowest BCUT2D eigenvalue weighted by atomic mass is 9.71. The molecular weight excluding hydrogens is 318 g/mol. The van der Waals surface area contributed by atoms with Crippen molar-refractivity contribution in [3.8, 4) is 0 Å². The van der Waals surface area contributed by atoms with Crippen LogP contribution in [-0.4, -0.2) is 74.7 Å². The largest absolute Gasteiger partial charge is 0.392 e. The minimum absolute atomic E-state index is 0.00870. The lowest BCUT2D eigenvalue weighted by molar-refractivity contribution is -0.0730. The van der Waals surface area contributed by atoms with Crippen molar-refractivity contribution in [2.24, 2.45) is 12.5 Å². The lowest BCUT2D eigenvalue weighted by Gasteiger charge is -2.50. The number of carbonyl (C=O) groups excluding carboxylic acids is 1. The van der Waals surface area contributed by atoms with Crippen molar-refractivity contribution >= 4 is 17.1 Å². The van der Waals surface area contributed by atoms with Crippen LogP contribution in [0.1, 0.15) is 29.6 Å². The maximum Gasteiger partial charge on any atom is 0.256 e. The van der Waals surface area contributed by atoms with Crippen LogP contribution in [0.3, 0.4) is 0 Å². The van der Waals surface area contributed by atoms with Crippen LogP contribution in [0.25, 0.3) is 11.2 Å². The van der Waals surface area contributed by atoms with Gasteiger partial charge in [-0.3, -0.25) is 4.79 Å². The van der Waals surface area contributed by atoms with E-state index >= 15 is 0 Å². The number of hydrogen-bond donors (Lipinski definition) is 1. The van der Waals surface area contributed by atoms with Crippen LogP contribution in [0.4, 0.5) is 0 Å². The highest BCUT2D eigenvalue weighted by Gasteiger charge is 2.45. The number of pyridine rings is 1. The van der Waals surface area contributed by atoms with E-state index in [2.05, 4.69) is 21.9 Å². The molecule has 2 fully saturated rings. The molecule has 25 heavy (non-hydrogen) atoms. The molecule has 1 amide bonds. The fraction of sp³-hybridized carbons (Fsp3) is 0.611. The molecule has 7 nitrogen and oxygen atoms in total. The molecule has 1 N–H and O–H groups in total. The summed E-state index contributed by atoms with van der Waals surface area (Å²) in [6.45, 7) is 3.09. The van der Waals surface area contributed by atoms with Crippen LogP contribution in [0.15, 0.2) is 18.6 Å². The van der Waals surface area contributed by atoms with Gasteiger partial charge in [0.1, 0.15) is 5.52 Å². The molecule has 2 atom stereocenters. The highest BCUT2D eigenvalue weighted by atomic mass is 16.3. The van der Waals surface area contributed by atoms with Crippen LogP contribution in [-0.2, 0) is 7.05 Å². The monoisotopic (exact) mass is 343 g/mol. The van der Waals surface area contributed by atoms with E-state index in [0.29, 0.717) is 17.6 Å². The number of aliphatic hydroxyl groups excluding tert-OH is 1. The molecule has 2 saturated heterocycles. The molecule has 0 bridgehead atoms. The zero-order valence-electron chi connectivity index (χ0n) is 14.9. The predicted octanol–water partition coefficient (Wildman–Crippen LogP) is 0.887. The quantitative estimate of drug-likeness (QED) is 0.832. The fourth-order valence-corrected chi connectivity index (χ4v) is 4.48. The van der Waals surface area contributed by atoms with Crippen molar-refractivity contribution in [3.05, 3.63) is 24.2 Å². The molecule has 0 radical (unpaired) electrons. The first kappa shape index (κ1) is 16.5. The summed E-state index contributed by atoms with van der Waals surface area (Å²) in [5.41, 5.74) is 1.75. The van der Waals surface area contributed by atoms with Gasteiger partial charge in [-0.2, -0.15) is 0 Å². The average molecular weight is 343 g/mol. The molecule has 134 valence electrons. The average Bonchev–Trinajstić information content (AvgIpc) is 2.99. The van der Waals surface area contributed by atoms with E-state index in [0.717, 1.165) is 44.5 Å². The number of carbonyl (C=O) groups is 1. The normalized spacial score (nSPS) is 28.0. The first-order valence-corrected chi connectivity index (χ1v) is 8.92. The zero-order chi connectivity index (χ0) is 17.6. The summed E-state index contributed by atoms with van der Waals surface area (Å²) in [6.07, 6.45) is 5.68. The molecule has 1 spiro atoms. The van der Waals surface area contributed by atoms with Gasteiger partial charge in [-0.1, -0.05) is 0 Å². The number of aliphatic hydroxyl groups is 1. The molecular formula is C18H25N5O2. The van der Waals surface area contributed by atoms with E-state index in [1.165, 1.54) is 0 Å². The molecule has 2 aliphatic rings.